The first-order chi connectivity index (χ1) is 13.5. The number of ether oxygens (including phenoxy) is 1. The molecule has 0 atom stereocenters. The second-order valence-corrected chi connectivity index (χ2v) is 7.92. The summed E-state index contributed by atoms with van der Waals surface area (Å²) in [5.41, 5.74) is 3.39. The number of aryl methyl sites for hydroxylation is 1. The number of rotatable bonds is 7. The van der Waals surface area contributed by atoms with Gasteiger partial charge in [-0.25, -0.2) is 4.98 Å². The quantitative estimate of drug-likeness (QED) is 0.339. The highest BCUT2D eigenvalue weighted by Gasteiger charge is 2.14. The van der Waals surface area contributed by atoms with E-state index in [9.17, 15) is 14.9 Å². The number of methoxy groups -OCH3 is 1. The van der Waals surface area contributed by atoms with Gasteiger partial charge in [0.1, 0.15) is 5.75 Å². The van der Waals surface area contributed by atoms with Crippen LogP contribution in [0.2, 0.25) is 0 Å². The van der Waals surface area contributed by atoms with E-state index in [-0.39, 0.29) is 23.1 Å². The number of aromatic nitrogens is 1. The Morgan fingerprint density at radius 2 is 2.04 bits per heavy atom. The predicted molar refractivity (Wildman–Crippen MR) is 111 cm³/mol. The van der Waals surface area contributed by atoms with Gasteiger partial charge in [0.15, 0.2) is 4.34 Å². The van der Waals surface area contributed by atoms with E-state index < -0.39 is 4.92 Å². The van der Waals surface area contributed by atoms with Crippen LogP contribution in [0.4, 0.5) is 11.4 Å². The monoisotopic (exact) mass is 415 g/mol. The van der Waals surface area contributed by atoms with Crippen LogP contribution in [0.25, 0.3) is 11.3 Å². The number of carbonyl (C=O) groups is 1. The van der Waals surface area contributed by atoms with Crippen molar-refractivity contribution in [2.24, 2.45) is 0 Å². The molecule has 0 saturated carbocycles. The standard InChI is InChI=1S/C19H17N3O4S2/c1-12-3-5-13(6-4-12)16-10-27-19(21-16)28-11-18(23)20-15-8-7-14(22(24)25)9-17(15)26-2/h3-10H,11H2,1-2H3,(H,20,23). The van der Waals surface area contributed by atoms with Crippen molar-refractivity contribution in [1.82, 2.24) is 4.98 Å². The van der Waals surface area contributed by atoms with Gasteiger partial charge in [-0.05, 0) is 13.0 Å². The van der Waals surface area contributed by atoms with Crippen molar-refractivity contribution in [3.63, 3.8) is 0 Å². The minimum atomic E-state index is -0.516. The molecule has 0 bridgehead atoms. The Bertz CT molecular complexity index is 1000. The number of nitrogens with zero attached hydrogens (tertiary/aromatic N) is 2. The van der Waals surface area contributed by atoms with Gasteiger partial charge in [-0.15, -0.1) is 11.3 Å². The first-order valence-corrected chi connectivity index (χ1v) is 10.1. The molecule has 1 aromatic heterocycles. The summed E-state index contributed by atoms with van der Waals surface area (Å²) in [4.78, 5) is 27.1. The highest BCUT2D eigenvalue weighted by Crippen LogP contribution is 2.31. The lowest BCUT2D eigenvalue weighted by Gasteiger charge is -2.09. The van der Waals surface area contributed by atoms with Gasteiger partial charge in [-0.3, -0.25) is 14.9 Å². The van der Waals surface area contributed by atoms with Gasteiger partial charge >= 0.3 is 0 Å². The number of thiazole rings is 1. The smallest absolute Gasteiger partial charge is 0.273 e. The second-order valence-electron chi connectivity index (χ2n) is 5.84. The van der Waals surface area contributed by atoms with E-state index in [4.69, 9.17) is 4.74 Å². The number of anilines is 1. The molecule has 0 radical (unpaired) electrons. The van der Waals surface area contributed by atoms with Crippen LogP contribution < -0.4 is 10.1 Å². The lowest BCUT2D eigenvalue weighted by Crippen LogP contribution is -2.14. The van der Waals surface area contributed by atoms with Crippen molar-refractivity contribution in [1.29, 1.82) is 0 Å². The van der Waals surface area contributed by atoms with E-state index in [1.165, 1.54) is 54.0 Å². The average molecular weight is 415 g/mol. The third-order valence-corrected chi connectivity index (χ3v) is 5.85. The number of hydrogen-bond donors (Lipinski definition) is 1. The largest absolute Gasteiger partial charge is 0.494 e. The molecule has 1 amide bonds. The highest BCUT2D eigenvalue weighted by atomic mass is 32.2. The van der Waals surface area contributed by atoms with E-state index >= 15 is 0 Å². The molecular formula is C19H17N3O4S2. The third kappa shape index (κ3) is 4.87. The third-order valence-electron chi connectivity index (χ3n) is 3.83. The molecule has 0 spiro atoms. The zero-order chi connectivity index (χ0) is 20.1. The van der Waals surface area contributed by atoms with Crippen molar-refractivity contribution in [3.05, 3.63) is 63.5 Å². The molecule has 1 N–H and O–H groups in total. The molecule has 9 heteroatoms. The highest BCUT2D eigenvalue weighted by molar-refractivity contribution is 8.01. The number of benzene rings is 2. The van der Waals surface area contributed by atoms with Crippen LogP contribution in [0.5, 0.6) is 5.75 Å². The maximum atomic E-state index is 12.2. The Hall–Kier alpha value is -2.91. The fraction of sp³-hybridized carbons (Fsp3) is 0.158. The zero-order valence-corrected chi connectivity index (χ0v) is 16.8. The molecule has 1 heterocycles. The normalized spacial score (nSPS) is 10.5. The van der Waals surface area contributed by atoms with Gasteiger partial charge in [-0.2, -0.15) is 0 Å². The van der Waals surface area contributed by atoms with E-state index in [0.29, 0.717) is 5.69 Å². The Kier molecular flexibility index (Phi) is 6.27. The van der Waals surface area contributed by atoms with E-state index in [0.717, 1.165) is 15.6 Å². The SMILES string of the molecule is COc1cc([N+](=O)[O-])ccc1NC(=O)CSc1nc(-c2ccc(C)cc2)cs1. The minimum Gasteiger partial charge on any atom is -0.494 e. The first-order valence-electron chi connectivity index (χ1n) is 8.24. The van der Waals surface area contributed by atoms with Crippen LogP contribution in [0.15, 0.2) is 52.2 Å². The number of carbonyl (C=O) groups excluding carboxylic acids is 1. The summed E-state index contributed by atoms with van der Waals surface area (Å²) in [7, 11) is 1.39. The Morgan fingerprint density at radius 1 is 1.29 bits per heavy atom. The fourth-order valence-corrected chi connectivity index (χ4v) is 4.03. The maximum Gasteiger partial charge on any atom is 0.273 e. The van der Waals surface area contributed by atoms with Crippen LogP contribution in [0.1, 0.15) is 5.56 Å². The van der Waals surface area contributed by atoms with Gasteiger partial charge in [0.2, 0.25) is 5.91 Å². The van der Waals surface area contributed by atoms with E-state index in [1.807, 2.05) is 36.6 Å². The molecule has 3 rings (SSSR count). The van der Waals surface area contributed by atoms with Crippen LogP contribution in [0.3, 0.4) is 0 Å². The summed E-state index contributed by atoms with van der Waals surface area (Å²) >= 11 is 2.82. The topological polar surface area (TPSA) is 94.4 Å². The zero-order valence-electron chi connectivity index (χ0n) is 15.2. The van der Waals surface area contributed by atoms with Crippen molar-refractivity contribution in [2.75, 3.05) is 18.2 Å². The number of non-ortho nitro benzene ring substituents is 1. The molecule has 3 aromatic rings. The number of thioether (sulfide) groups is 1. The van der Waals surface area contributed by atoms with Gasteiger partial charge in [0.05, 0.1) is 35.2 Å². The summed E-state index contributed by atoms with van der Waals surface area (Å²) in [5, 5.41) is 15.5. The number of hydrogen-bond acceptors (Lipinski definition) is 7. The van der Waals surface area contributed by atoms with Crippen LogP contribution in [0, 0.1) is 17.0 Å². The second kappa shape index (κ2) is 8.85. The average Bonchev–Trinajstić information content (AvgIpc) is 3.16. The van der Waals surface area contributed by atoms with Gasteiger partial charge in [0.25, 0.3) is 5.69 Å². The van der Waals surface area contributed by atoms with E-state index in [1.54, 1.807) is 0 Å². The number of nitrogens with one attached hydrogen (secondary N) is 1. The van der Waals surface area contributed by atoms with Gasteiger partial charge in [0, 0.05) is 17.0 Å². The van der Waals surface area contributed by atoms with Crippen molar-refractivity contribution < 1.29 is 14.5 Å². The molecule has 2 aromatic carbocycles. The maximum absolute atomic E-state index is 12.2. The molecule has 7 nitrogen and oxygen atoms in total. The summed E-state index contributed by atoms with van der Waals surface area (Å²) < 4.78 is 5.92. The molecule has 0 aliphatic rings. The van der Waals surface area contributed by atoms with Crippen LogP contribution >= 0.6 is 23.1 Å². The Morgan fingerprint density at radius 3 is 2.71 bits per heavy atom. The molecule has 0 unspecified atom stereocenters. The molecule has 0 aliphatic carbocycles. The lowest BCUT2D eigenvalue weighted by atomic mass is 10.1. The first kappa shape index (κ1) is 19.8. The fourth-order valence-electron chi connectivity index (χ4n) is 2.39. The molecule has 0 fully saturated rings. The predicted octanol–water partition coefficient (Wildman–Crippen LogP) is 4.77. The molecular weight excluding hydrogens is 398 g/mol. The molecule has 0 saturated heterocycles. The number of nitro benzene ring substituents is 1. The van der Waals surface area contributed by atoms with Crippen LogP contribution in [-0.2, 0) is 4.79 Å². The Labute approximate surface area is 169 Å². The number of nitro groups is 1. The van der Waals surface area contributed by atoms with Crippen molar-refractivity contribution >= 4 is 40.4 Å². The number of amides is 1. The van der Waals surface area contributed by atoms with Crippen molar-refractivity contribution in [2.45, 2.75) is 11.3 Å². The van der Waals surface area contributed by atoms with Crippen LogP contribution in [-0.4, -0.2) is 28.7 Å². The van der Waals surface area contributed by atoms with E-state index in [2.05, 4.69) is 10.3 Å². The summed E-state index contributed by atoms with van der Waals surface area (Å²) in [6.07, 6.45) is 0. The molecule has 28 heavy (non-hydrogen) atoms. The lowest BCUT2D eigenvalue weighted by molar-refractivity contribution is -0.384. The summed E-state index contributed by atoms with van der Waals surface area (Å²) in [5.74, 6) is 0.161. The van der Waals surface area contributed by atoms with Crippen molar-refractivity contribution in [3.8, 4) is 17.0 Å². The minimum absolute atomic E-state index is 0.101. The molecule has 144 valence electrons. The van der Waals surface area contributed by atoms with Gasteiger partial charge in [-0.1, -0.05) is 41.6 Å². The Balaban J connectivity index is 1.60. The van der Waals surface area contributed by atoms with Gasteiger partial charge < -0.3 is 10.1 Å². The summed E-state index contributed by atoms with van der Waals surface area (Å²) in [6, 6.07) is 12.2. The molecule has 0 aliphatic heterocycles. The summed E-state index contributed by atoms with van der Waals surface area (Å²) in [6.45, 7) is 2.03.